The summed E-state index contributed by atoms with van der Waals surface area (Å²) in [5, 5.41) is 2.14. The van der Waals surface area contributed by atoms with Gasteiger partial charge in [0.2, 0.25) is 0 Å². The van der Waals surface area contributed by atoms with E-state index in [9.17, 15) is 0 Å². The Morgan fingerprint density at radius 2 is 1.50 bits per heavy atom. The minimum absolute atomic E-state index is 0.709. The third-order valence-corrected chi connectivity index (χ3v) is 3.07. The maximum absolute atomic E-state index is 5.84. The van der Waals surface area contributed by atoms with Gasteiger partial charge in [-0.1, -0.05) is 49.6 Å². The lowest BCUT2D eigenvalue weighted by Gasteiger charge is -2.23. The highest BCUT2D eigenvalue weighted by Gasteiger charge is 2.08. The number of hydrogen-bond donors (Lipinski definition) is 0. The van der Waals surface area contributed by atoms with Crippen LogP contribution in [0.2, 0.25) is 0 Å². The van der Waals surface area contributed by atoms with Gasteiger partial charge in [0.25, 0.3) is 0 Å². The number of hydrogen-bond acceptors (Lipinski definition) is 2. The van der Waals surface area contributed by atoms with Crippen molar-refractivity contribution in [3.8, 4) is 0 Å². The molecule has 0 radical (unpaired) electrons. The molecule has 0 amide bonds. The molecule has 2 heteroatoms. The van der Waals surface area contributed by atoms with E-state index in [0.29, 0.717) is 6.61 Å². The van der Waals surface area contributed by atoms with E-state index in [1.807, 2.05) is 6.07 Å². The molecule has 1 aromatic carbocycles. The summed E-state index contributed by atoms with van der Waals surface area (Å²) in [5.41, 5.74) is 1.25. The second-order valence-corrected chi connectivity index (χ2v) is 4.46. The van der Waals surface area contributed by atoms with Crippen LogP contribution in [-0.4, -0.2) is 18.2 Å². The van der Waals surface area contributed by atoms with Gasteiger partial charge in [-0.25, -0.2) is 0 Å². The van der Waals surface area contributed by atoms with E-state index in [2.05, 4.69) is 29.3 Å². The molecule has 0 saturated carbocycles. The van der Waals surface area contributed by atoms with E-state index >= 15 is 0 Å². The van der Waals surface area contributed by atoms with Crippen molar-refractivity contribution < 1.29 is 4.84 Å². The summed E-state index contributed by atoms with van der Waals surface area (Å²) in [5.74, 6) is 0. The molecule has 0 aromatic heterocycles. The molecule has 0 unspecified atom stereocenters. The summed E-state index contributed by atoms with van der Waals surface area (Å²) in [6.45, 7) is 2.89. The van der Waals surface area contributed by atoms with Gasteiger partial charge < -0.3 is 0 Å². The smallest absolute Gasteiger partial charge is 0.0935 e. The maximum atomic E-state index is 5.84. The zero-order chi connectivity index (χ0) is 11.1. The lowest BCUT2D eigenvalue weighted by atomic mass is 10.1. The summed E-state index contributed by atoms with van der Waals surface area (Å²) in [6, 6.07) is 10.4. The Hall–Kier alpha value is -0.860. The van der Waals surface area contributed by atoms with Crippen LogP contribution in [0.5, 0.6) is 0 Å². The number of nitrogens with zero attached hydrogens (tertiary/aromatic N) is 1. The molecule has 2 rings (SSSR count). The quantitative estimate of drug-likeness (QED) is 0.772. The molecule has 0 spiro atoms. The van der Waals surface area contributed by atoms with Crippen LogP contribution in [0.1, 0.15) is 37.7 Å². The van der Waals surface area contributed by atoms with E-state index < -0.39 is 0 Å². The first-order chi connectivity index (χ1) is 7.95. The summed E-state index contributed by atoms with van der Waals surface area (Å²) < 4.78 is 0. The second-order valence-electron chi connectivity index (χ2n) is 4.46. The zero-order valence-electron chi connectivity index (χ0n) is 9.90. The van der Waals surface area contributed by atoms with Crippen LogP contribution in [0.25, 0.3) is 0 Å². The van der Waals surface area contributed by atoms with E-state index in [4.69, 9.17) is 4.84 Å². The van der Waals surface area contributed by atoms with Crippen LogP contribution in [0.3, 0.4) is 0 Å². The minimum Gasteiger partial charge on any atom is -0.294 e. The van der Waals surface area contributed by atoms with Crippen LogP contribution < -0.4 is 0 Å². The Labute approximate surface area is 98.2 Å². The topological polar surface area (TPSA) is 12.5 Å². The first-order valence-corrected chi connectivity index (χ1v) is 6.37. The molecule has 1 fully saturated rings. The third kappa shape index (κ3) is 3.95. The largest absolute Gasteiger partial charge is 0.294 e. The van der Waals surface area contributed by atoms with Gasteiger partial charge in [0.05, 0.1) is 6.61 Å². The molecule has 0 N–H and O–H groups in total. The highest BCUT2D eigenvalue weighted by Crippen LogP contribution is 2.12. The fraction of sp³-hybridized carbons (Fsp3) is 0.571. The van der Waals surface area contributed by atoms with Crippen LogP contribution in [-0.2, 0) is 11.4 Å². The number of benzene rings is 1. The first-order valence-electron chi connectivity index (χ1n) is 6.37. The van der Waals surface area contributed by atoms with Crippen molar-refractivity contribution in [3.05, 3.63) is 35.9 Å². The van der Waals surface area contributed by atoms with Gasteiger partial charge in [0.15, 0.2) is 0 Å². The standard InChI is InChI=1S/C14H21NO/c1-2-7-11-15(12-8-3-1)16-13-14-9-5-4-6-10-14/h4-6,9-10H,1-3,7-8,11-13H2. The predicted octanol–water partition coefficient (Wildman–Crippen LogP) is 3.38. The fourth-order valence-corrected chi connectivity index (χ4v) is 2.09. The third-order valence-electron chi connectivity index (χ3n) is 3.07. The zero-order valence-corrected chi connectivity index (χ0v) is 9.90. The molecule has 1 heterocycles. The fourth-order valence-electron chi connectivity index (χ4n) is 2.09. The molecule has 0 aliphatic carbocycles. The van der Waals surface area contributed by atoms with Gasteiger partial charge >= 0.3 is 0 Å². The van der Waals surface area contributed by atoms with Crippen molar-refractivity contribution in [2.45, 2.75) is 38.7 Å². The van der Waals surface area contributed by atoms with Crippen LogP contribution >= 0.6 is 0 Å². The number of rotatable bonds is 3. The van der Waals surface area contributed by atoms with Crippen molar-refractivity contribution in [2.24, 2.45) is 0 Å². The SMILES string of the molecule is c1ccc(CON2CCCCCCC2)cc1. The second kappa shape index (κ2) is 6.66. The monoisotopic (exact) mass is 219 g/mol. The van der Waals surface area contributed by atoms with Gasteiger partial charge in [-0.05, 0) is 18.4 Å². The van der Waals surface area contributed by atoms with E-state index in [-0.39, 0.29) is 0 Å². The van der Waals surface area contributed by atoms with Crippen molar-refractivity contribution in [1.82, 2.24) is 5.06 Å². The Morgan fingerprint density at radius 3 is 2.19 bits per heavy atom. The van der Waals surface area contributed by atoms with Gasteiger partial charge in [-0.3, -0.25) is 4.84 Å². The van der Waals surface area contributed by atoms with E-state index in [1.54, 1.807) is 0 Å². The number of hydroxylamine groups is 2. The molecule has 1 aliphatic heterocycles. The lowest BCUT2D eigenvalue weighted by Crippen LogP contribution is -2.27. The Bertz CT molecular complexity index is 278. The predicted molar refractivity (Wildman–Crippen MR) is 65.9 cm³/mol. The molecular weight excluding hydrogens is 198 g/mol. The average molecular weight is 219 g/mol. The minimum atomic E-state index is 0.709. The molecular formula is C14H21NO. The van der Waals surface area contributed by atoms with Gasteiger partial charge in [0, 0.05) is 13.1 Å². The Balaban J connectivity index is 1.75. The average Bonchev–Trinajstić information content (AvgIpc) is 2.29. The highest BCUT2D eigenvalue weighted by molar-refractivity contribution is 5.13. The molecule has 0 bridgehead atoms. The van der Waals surface area contributed by atoms with Crippen molar-refractivity contribution in [2.75, 3.05) is 13.1 Å². The van der Waals surface area contributed by atoms with Crippen molar-refractivity contribution in [3.63, 3.8) is 0 Å². The Kier molecular flexibility index (Phi) is 4.84. The molecule has 88 valence electrons. The lowest BCUT2D eigenvalue weighted by molar-refractivity contribution is -0.172. The van der Waals surface area contributed by atoms with Crippen LogP contribution in [0, 0.1) is 0 Å². The molecule has 2 nitrogen and oxygen atoms in total. The summed E-state index contributed by atoms with van der Waals surface area (Å²) in [4.78, 5) is 5.84. The van der Waals surface area contributed by atoms with Crippen LogP contribution in [0.15, 0.2) is 30.3 Å². The van der Waals surface area contributed by atoms with E-state index in [1.165, 1.54) is 37.7 Å². The van der Waals surface area contributed by atoms with Crippen LogP contribution in [0.4, 0.5) is 0 Å². The highest BCUT2D eigenvalue weighted by atomic mass is 16.7. The maximum Gasteiger partial charge on any atom is 0.0935 e. The Morgan fingerprint density at radius 1 is 0.875 bits per heavy atom. The van der Waals surface area contributed by atoms with Gasteiger partial charge in [-0.15, -0.1) is 0 Å². The van der Waals surface area contributed by atoms with E-state index in [0.717, 1.165) is 13.1 Å². The van der Waals surface area contributed by atoms with Crippen molar-refractivity contribution in [1.29, 1.82) is 0 Å². The summed E-state index contributed by atoms with van der Waals surface area (Å²) in [6.07, 6.45) is 6.65. The molecule has 1 saturated heterocycles. The van der Waals surface area contributed by atoms with Crippen molar-refractivity contribution >= 4 is 0 Å². The molecule has 0 atom stereocenters. The normalized spacial score (nSPS) is 19.0. The molecule has 16 heavy (non-hydrogen) atoms. The van der Waals surface area contributed by atoms with Gasteiger partial charge in [-0.2, -0.15) is 5.06 Å². The molecule has 1 aromatic rings. The van der Waals surface area contributed by atoms with Gasteiger partial charge in [0.1, 0.15) is 0 Å². The molecule has 1 aliphatic rings. The summed E-state index contributed by atoms with van der Waals surface area (Å²) in [7, 11) is 0. The summed E-state index contributed by atoms with van der Waals surface area (Å²) >= 11 is 0. The first kappa shape index (κ1) is 11.6.